The van der Waals surface area contributed by atoms with Crippen LogP contribution in [0.15, 0.2) is 12.1 Å². The van der Waals surface area contributed by atoms with Crippen LogP contribution in [-0.4, -0.2) is 24.1 Å². The molecule has 0 saturated heterocycles. The van der Waals surface area contributed by atoms with E-state index in [1.54, 1.807) is 0 Å². The molecule has 19 heavy (non-hydrogen) atoms. The number of anilines is 1. The number of ether oxygens (including phenoxy) is 2. The molecule has 1 aromatic rings. The lowest BCUT2D eigenvalue weighted by Crippen LogP contribution is -2.13. The fraction of sp³-hybridized carbons (Fsp3) is 0.300. The average molecular weight is 276 g/mol. The third kappa shape index (κ3) is 3.27. The highest BCUT2D eigenvalue weighted by Crippen LogP contribution is 2.37. The molecule has 0 radical (unpaired) electrons. The minimum atomic E-state index is -3.34. The highest BCUT2D eigenvalue weighted by atomic mass is 19.3. The Morgan fingerprint density at radius 2 is 2.16 bits per heavy atom. The van der Waals surface area contributed by atoms with Crippen LogP contribution in [0.3, 0.4) is 0 Å². The normalized spacial score (nSPS) is 10.3. The molecular formula is C10H10F2N2O5. The number of hydrogen-bond donors (Lipinski definition) is 1. The lowest BCUT2D eigenvalue weighted by Gasteiger charge is -2.11. The summed E-state index contributed by atoms with van der Waals surface area (Å²) in [6.45, 7) is -1.86. The van der Waals surface area contributed by atoms with Crippen LogP contribution in [0.2, 0.25) is 0 Å². The van der Waals surface area contributed by atoms with E-state index in [-0.39, 0.29) is 6.61 Å². The van der Waals surface area contributed by atoms with E-state index in [2.05, 4.69) is 9.47 Å². The van der Waals surface area contributed by atoms with Crippen molar-refractivity contribution in [3.05, 3.63) is 27.8 Å². The van der Waals surface area contributed by atoms with Crippen molar-refractivity contribution in [2.75, 3.05) is 12.3 Å². The number of benzene rings is 1. The fourth-order valence-corrected chi connectivity index (χ4v) is 1.35. The van der Waals surface area contributed by atoms with E-state index in [4.69, 9.17) is 5.73 Å². The number of hydrogen-bond acceptors (Lipinski definition) is 6. The van der Waals surface area contributed by atoms with Crippen molar-refractivity contribution in [2.45, 2.75) is 13.5 Å². The van der Waals surface area contributed by atoms with Crippen LogP contribution in [-0.2, 0) is 4.74 Å². The molecule has 2 N–H and O–H groups in total. The van der Waals surface area contributed by atoms with Gasteiger partial charge in [0.05, 0.1) is 11.5 Å². The number of nitrogens with two attached hydrogens (primary N) is 1. The van der Waals surface area contributed by atoms with Crippen molar-refractivity contribution in [1.29, 1.82) is 0 Å². The molecule has 104 valence electrons. The Bertz CT molecular complexity index is 507. The minimum Gasteiger partial charge on any atom is -0.462 e. The maximum atomic E-state index is 12.3. The summed E-state index contributed by atoms with van der Waals surface area (Å²) in [6, 6.07) is 2.07. The van der Waals surface area contributed by atoms with E-state index in [0.717, 1.165) is 12.1 Å². The average Bonchev–Trinajstić information content (AvgIpc) is 2.27. The van der Waals surface area contributed by atoms with Crippen molar-refractivity contribution < 1.29 is 28.0 Å². The number of nitro groups is 1. The fourth-order valence-electron chi connectivity index (χ4n) is 1.35. The number of rotatable bonds is 5. The van der Waals surface area contributed by atoms with Crippen molar-refractivity contribution in [3.63, 3.8) is 0 Å². The van der Waals surface area contributed by atoms with E-state index in [0.29, 0.717) is 0 Å². The van der Waals surface area contributed by atoms with Gasteiger partial charge in [0.25, 0.3) is 0 Å². The molecule has 0 spiro atoms. The highest BCUT2D eigenvalue weighted by molar-refractivity contribution is 5.95. The molecule has 1 rings (SSSR count). The van der Waals surface area contributed by atoms with Gasteiger partial charge in [-0.15, -0.1) is 0 Å². The van der Waals surface area contributed by atoms with Crippen LogP contribution in [0.5, 0.6) is 5.75 Å². The first-order valence-corrected chi connectivity index (χ1v) is 5.07. The summed E-state index contributed by atoms with van der Waals surface area (Å²) >= 11 is 0. The number of nitrogens with zero attached hydrogens (tertiary/aromatic N) is 1. The number of esters is 1. The summed E-state index contributed by atoms with van der Waals surface area (Å²) in [7, 11) is 0. The van der Waals surface area contributed by atoms with Crippen molar-refractivity contribution in [2.24, 2.45) is 0 Å². The molecule has 0 saturated carbocycles. The van der Waals surface area contributed by atoms with Crippen LogP contribution in [0.4, 0.5) is 20.2 Å². The van der Waals surface area contributed by atoms with Crippen LogP contribution in [0.1, 0.15) is 17.3 Å². The van der Waals surface area contributed by atoms with Gasteiger partial charge in [0.15, 0.2) is 0 Å². The quantitative estimate of drug-likeness (QED) is 0.381. The molecule has 0 bridgehead atoms. The Balaban J connectivity index is 3.42. The Kier molecular flexibility index (Phi) is 4.56. The van der Waals surface area contributed by atoms with Gasteiger partial charge in [-0.1, -0.05) is 0 Å². The summed E-state index contributed by atoms with van der Waals surface area (Å²) in [5.74, 6) is -1.92. The summed E-state index contributed by atoms with van der Waals surface area (Å²) in [5, 5.41) is 10.8. The maximum absolute atomic E-state index is 12.3. The SMILES string of the molecule is CCOC(=O)c1ccc(N)c([N+](=O)[O-])c1OC(F)F. The molecule has 0 amide bonds. The summed E-state index contributed by atoms with van der Waals surface area (Å²) in [6.07, 6.45) is 0. The standard InChI is InChI=1S/C10H10F2N2O5/c1-2-18-9(15)5-3-4-6(13)7(14(16)17)8(5)19-10(11)12/h3-4,10H,2,13H2,1H3. The second kappa shape index (κ2) is 5.94. The van der Waals surface area contributed by atoms with E-state index in [1.165, 1.54) is 6.92 Å². The minimum absolute atomic E-state index is 0.0227. The summed E-state index contributed by atoms with van der Waals surface area (Å²) in [4.78, 5) is 21.3. The first-order valence-electron chi connectivity index (χ1n) is 5.07. The molecule has 1 aromatic carbocycles. The van der Waals surface area contributed by atoms with Crippen LogP contribution >= 0.6 is 0 Å². The first kappa shape index (κ1) is 14.6. The summed E-state index contributed by atoms with van der Waals surface area (Å²) in [5.41, 5.74) is 3.55. The van der Waals surface area contributed by atoms with Gasteiger partial charge in [0.2, 0.25) is 5.75 Å². The molecule has 9 heteroatoms. The number of alkyl halides is 2. The zero-order valence-corrected chi connectivity index (χ0v) is 9.76. The van der Waals surface area contributed by atoms with Gasteiger partial charge < -0.3 is 15.2 Å². The number of carbonyl (C=O) groups excluding carboxylic acids is 1. The molecule has 0 aliphatic heterocycles. The predicted octanol–water partition coefficient (Wildman–Crippen LogP) is 1.96. The van der Waals surface area contributed by atoms with Gasteiger partial charge in [0, 0.05) is 0 Å². The summed E-state index contributed by atoms with van der Waals surface area (Å²) < 4.78 is 33.2. The lowest BCUT2D eigenvalue weighted by atomic mass is 10.1. The van der Waals surface area contributed by atoms with Crippen LogP contribution < -0.4 is 10.5 Å². The van der Waals surface area contributed by atoms with E-state index in [1.807, 2.05) is 0 Å². The zero-order valence-electron chi connectivity index (χ0n) is 9.76. The highest BCUT2D eigenvalue weighted by Gasteiger charge is 2.29. The topological polar surface area (TPSA) is 105 Å². The van der Waals surface area contributed by atoms with Gasteiger partial charge in [-0.2, -0.15) is 8.78 Å². The lowest BCUT2D eigenvalue weighted by molar-refractivity contribution is -0.385. The third-order valence-electron chi connectivity index (χ3n) is 2.05. The number of nitro benzene ring substituents is 1. The molecule has 0 atom stereocenters. The van der Waals surface area contributed by atoms with Gasteiger partial charge in [-0.05, 0) is 19.1 Å². The molecule has 0 unspecified atom stereocenters. The monoisotopic (exact) mass is 276 g/mol. The van der Waals surface area contributed by atoms with E-state index >= 15 is 0 Å². The van der Waals surface area contributed by atoms with Gasteiger partial charge >= 0.3 is 18.3 Å². The second-order valence-corrected chi connectivity index (χ2v) is 3.24. The number of nitrogen functional groups attached to an aromatic ring is 1. The third-order valence-corrected chi connectivity index (χ3v) is 2.05. The number of carbonyl (C=O) groups is 1. The molecule has 0 aromatic heterocycles. The molecule has 0 fully saturated rings. The van der Waals surface area contributed by atoms with Gasteiger partial charge in [-0.25, -0.2) is 4.79 Å². The Hall–Kier alpha value is -2.45. The largest absolute Gasteiger partial charge is 0.462 e. The van der Waals surface area contributed by atoms with E-state index < -0.39 is 40.2 Å². The van der Waals surface area contributed by atoms with Gasteiger partial charge in [-0.3, -0.25) is 10.1 Å². The second-order valence-electron chi connectivity index (χ2n) is 3.24. The van der Waals surface area contributed by atoms with Crippen molar-refractivity contribution in [1.82, 2.24) is 0 Å². The Morgan fingerprint density at radius 1 is 1.53 bits per heavy atom. The van der Waals surface area contributed by atoms with E-state index in [9.17, 15) is 23.7 Å². The predicted molar refractivity (Wildman–Crippen MR) is 60.1 cm³/mol. The molecule has 0 aliphatic rings. The Labute approximate surface area is 106 Å². The smallest absolute Gasteiger partial charge is 0.387 e. The van der Waals surface area contributed by atoms with Gasteiger partial charge in [0.1, 0.15) is 11.3 Å². The molecule has 0 aliphatic carbocycles. The molecule has 7 nitrogen and oxygen atoms in total. The molecular weight excluding hydrogens is 266 g/mol. The van der Waals surface area contributed by atoms with Crippen molar-refractivity contribution >= 4 is 17.3 Å². The van der Waals surface area contributed by atoms with Crippen LogP contribution in [0.25, 0.3) is 0 Å². The Morgan fingerprint density at radius 3 is 2.63 bits per heavy atom. The van der Waals surface area contributed by atoms with Crippen molar-refractivity contribution in [3.8, 4) is 5.75 Å². The molecule has 0 heterocycles. The number of halogens is 2. The maximum Gasteiger partial charge on any atom is 0.387 e. The zero-order chi connectivity index (χ0) is 14.6. The first-order chi connectivity index (χ1) is 8.88. The van der Waals surface area contributed by atoms with Crippen LogP contribution in [0, 0.1) is 10.1 Å².